The molecule has 0 aliphatic heterocycles. The zero-order valence-corrected chi connectivity index (χ0v) is 15.3. The zero-order valence-electron chi connectivity index (χ0n) is 14.5. The van der Waals surface area contributed by atoms with Gasteiger partial charge in [0, 0.05) is 12.7 Å². The minimum atomic E-state index is -0.325. The lowest BCUT2D eigenvalue weighted by Crippen LogP contribution is -2.22. The van der Waals surface area contributed by atoms with Gasteiger partial charge in [0.1, 0.15) is 12.4 Å². The summed E-state index contributed by atoms with van der Waals surface area (Å²) in [7, 11) is 1.74. The van der Waals surface area contributed by atoms with Gasteiger partial charge in [0.2, 0.25) is 11.1 Å². The van der Waals surface area contributed by atoms with Crippen molar-refractivity contribution in [3.63, 3.8) is 0 Å². The summed E-state index contributed by atoms with van der Waals surface area (Å²) in [5, 5.41) is 14.3. The number of nitrogens with zero attached hydrogens (tertiary/aromatic N) is 4. The lowest BCUT2D eigenvalue weighted by Gasteiger charge is -2.12. The summed E-state index contributed by atoms with van der Waals surface area (Å²) in [6.45, 7) is 2.32. The van der Waals surface area contributed by atoms with Crippen LogP contribution in [0, 0.1) is 0 Å². The Hall–Kier alpha value is -2.87. The average molecular weight is 369 g/mol. The molecule has 0 saturated carbocycles. The summed E-state index contributed by atoms with van der Waals surface area (Å²) in [4.78, 5) is 12.3. The maximum absolute atomic E-state index is 12.3. The highest BCUT2D eigenvalue weighted by molar-refractivity contribution is 8.00. The van der Waals surface area contributed by atoms with Gasteiger partial charge in [-0.15, -0.1) is 5.10 Å². The van der Waals surface area contributed by atoms with Crippen LogP contribution in [0.15, 0.2) is 59.8 Å². The number of benzene rings is 2. The Labute approximate surface area is 155 Å². The molecule has 8 heteroatoms. The number of rotatable bonds is 7. The summed E-state index contributed by atoms with van der Waals surface area (Å²) in [5.74, 6) is 0.635. The monoisotopic (exact) mass is 369 g/mol. The number of amides is 1. The van der Waals surface area contributed by atoms with Crippen LogP contribution in [-0.4, -0.2) is 31.4 Å². The first kappa shape index (κ1) is 17.9. The normalized spacial score (nSPS) is 11.8. The standard InChI is InChI=1S/C18H19N5O2S/c1-13(26-18-20-21-22-23(18)2)17(24)19-15-8-10-16(11-9-15)25-12-14-6-4-3-5-7-14/h3-11,13H,12H2,1-2H3,(H,19,24)/t13-/m1/s1. The number of anilines is 1. The van der Waals surface area contributed by atoms with E-state index in [1.165, 1.54) is 16.4 Å². The van der Waals surface area contributed by atoms with Crippen LogP contribution < -0.4 is 10.1 Å². The SMILES string of the molecule is C[C@@H](Sc1nnnn1C)C(=O)Nc1ccc(OCc2ccccc2)cc1. The molecular formula is C18H19N5O2S. The summed E-state index contributed by atoms with van der Waals surface area (Å²) in [5.41, 5.74) is 1.82. The Kier molecular flexibility index (Phi) is 5.85. The average Bonchev–Trinajstić information content (AvgIpc) is 3.06. The molecule has 26 heavy (non-hydrogen) atoms. The molecule has 1 heterocycles. The van der Waals surface area contributed by atoms with Gasteiger partial charge in [0.05, 0.1) is 5.25 Å². The van der Waals surface area contributed by atoms with Crippen molar-refractivity contribution in [2.24, 2.45) is 7.05 Å². The number of ether oxygens (including phenoxy) is 1. The third kappa shape index (κ3) is 4.82. The maximum Gasteiger partial charge on any atom is 0.237 e. The fourth-order valence-corrected chi connectivity index (χ4v) is 2.91. The van der Waals surface area contributed by atoms with Crippen molar-refractivity contribution >= 4 is 23.4 Å². The molecule has 0 fully saturated rings. The van der Waals surface area contributed by atoms with Crippen LogP contribution in [0.5, 0.6) is 5.75 Å². The van der Waals surface area contributed by atoms with E-state index in [4.69, 9.17) is 4.74 Å². The predicted octanol–water partition coefficient (Wildman–Crippen LogP) is 2.91. The number of hydrogen-bond acceptors (Lipinski definition) is 6. The van der Waals surface area contributed by atoms with Crippen molar-refractivity contribution in [2.75, 3.05) is 5.32 Å². The fourth-order valence-electron chi connectivity index (χ4n) is 2.15. The molecule has 134 valence electrons. The fraction of sp³-hybridized carbons (Fsp3) is 0.222. The van der Waals surface area contributed by atoms with Crippen molar-refractivity contribution in [3.8, 4) is 5.75 Å². The van der Waals surface area contributed by atoms with Crippen molar-refractivity contribution in [1.29, 1.82) is 0 Å². The molecule has 3 rings (SSSR count). The van der Waals surface area contributed by atoms with Gasteiger partial charge in [-0.3, -0.25) is 4.79 Å². The van der Waals surface area contributed by atoms with Crippen molar-refractivity contribution in [2.45, 2.75) is 23.9 Å². The lowest BCUT2D eigenvalue weighted by molar-refractivity contribution is -0.115. The van der Waals surface area contributed by atoms with E-state index in [0.29, 0.717) is 17.5 Å². The third-order valence-electron chi connectivity index (χ3n) is 3.60. The first-order chi connectivity index (χ1) is 12.6. The third-order valence-corrected chi connectivity index (χ3v) is 4.73. The van der Waals surface area contributed by atoms with E-state index in [1.54, 1.807) is 7.05 Å². The van der Waals surface area contributed by atoms with E-state index in [0.717, 1.165) is 11.3 Å². The minimum Gasteiger partial charge on any atom is -0.489 e. The van der Waals surface area contributed by atoms with Crippen LogP contribution in [0.2, 0.25) is 0 Å². The number of tetrazole rings is 1. The molecule has 0 saturated heterocycles. The second-order valence-corrected chi connectivity index (χ2v) is 6.94. The van der Waals surface area contributed by atoms with Crippen LogP contribution in [0.4, 0.5) is 5.69 Å². The molecule has 0 spiro atoms. The van der Waals surface area contributed by atoms with Gasteiger partial charge in [-0.2, -0.15) is 0 Å². The number of aromatic nitrogens is 4. The van der Waals surface area contributed by atoms with Crippen LogP contribution in [0.3, 0.4) is 0 Å². The van der Waals surface area contributed by atoms with E-state index in [1.807, 2.05) is 61.5 Å². The molecule has 0 radical (unpaired) electrons. The molecule has 0 aliphatic carbocycles. The Bertz CT molecular complexity index is 852. The van der Waals surface area contributed by atoms with Gasteiger partial charge >= 0.3 is 0 Å². The summed E-state index contributed by atoms with van der Waals surface area (Å²) < 4.78 is 7.28. The molecule has 2 aromatic carbocycles. The van der Waals surface area contributed by atoms with Crippen LogP contribution in [0.25, 0.3) is 0 Å². The van der Waals surface area contributed by atoms with Gasteiger partial charge in [-0.25, -0.2) is 4.68 Å². The van der Waals surface area contributed by atoms with Gasteiger partial charge in [0.25, 0.3) is 0 Å². The molecular weight excluding hydrogens is 350 g/mol. The summed E-state index contributed by atoms with van der Waals surface area (Å²) in [6, 6.07) is 17.3. The minimum absolute atomic E-state index is 0.115. The van der Waals surface area contributed by atoms with Gasteiger partial charge in [0.15, 0.2) is 0 Å². The number of carbonyl (C=O) groups excluding carboxylic acids is 1. The Balaban J connectivity index is 1.51. The second kappa shape index (κ2) is 8.48. The molecule has 0 aliphatic rings. The number of thioether (sulfide) groups is 1. The van der Waals surface area contributed by atoms with E-state index in [2.05, 4.69) is 20.8 Å². The van der Waals surface area contributed by atoms with Crippen molar-refractivity contribution in [1.82, 2.24) is 20.2 Å². The number of hydrogen-bond donors (Lipinski definition) is 1. The van der Waals surface area contributed by atoms with Gasteiger partial charge in [-0.05, 0) is 47.2 Å². The Morgan fingerprint density at radius 1 is 1.19 bits per heavy atom. The molecule has 1 amide bonds. The van der Waals surface area contributed by atoms with E-state index in [9.17, 15) is 4.79 Å². The highest BCUT2D eigenvalue weighted by atomic mass is 32.2. The molecule has 1 N–H and O–H groups in total. The quantitative estimate of drug-likeness (QED) is 0.645. The first-order valence-corrected chi connectivity index (χ1v) is 8.96. The van der Waals surface area contributed by atoms with Crippen molar-refractivity contribution in [3.05, 3.63) is 60.2 Å². The maximum atomic E-state index is 12.3. The van der Waals surface area contributed by atoms with E-state index in [-0.39, 0.29) is 11.2 Å². The summed E-state index contributed by atoms with van der Waals surface area (Å²) >= 11 is 1.30. The Morgan fingerprint density at radius 2 is 1.92 bits per heavy atom. The number of aryl methyl sites for hydroxylation is 1. The molecule has 3 aromatic rings. The highest BCUT2D eigenvalue weighted by Crippen LogP contribution is 2.22. The number of nitrogens with one attached hydrogen (secondary N) is 1. The smallest absolute Gasteiger partial charge is 0.237 e. The molecule has 1 aromatic heterocycles. The van der Waals surface area contributed by atoms with E-state index >= 15 is 0 Å². The summed E-state index contributed by atoms with van der Waals surface area (Å²) in [6.07, 6.45) is 0. The lowest BCUT2D eigenvalue weighted by atomic mass is 10.2. The number of carbonyl (C=O) groups is 1. The van der Waals surface area contributed by atoms with Crippen LogP contribution in [-0.2, 0) is 18.4 Å². The van der Waals surface area contributed by atoms with Crippen molar-refractivity contribution < 1.29 is 9.53 Å². The van der Waals surface area contributed by atoms with Crippen LogP contribution >= 0.6 is 11.8 Å². The zero-order chi connectivity index (χ0) is 18.4. The highest BCUT2D eigenvalue weighted by Gasteiger charge is 2.17. The van der Waals surface area contributed by atoms with Gasteiger partial charge in [-0.1, -0.05) is 42.1 Å². The predicted molar refractivity (Wildman–Crippen MR) is 100.0 cm³/mol. The Morgan fingerprint density at radius 3 is 2.58 bits per heavy atom. The largest absolute Gasteiger partial charge is 0.489 e. The molecule has 0 bridgehead atoms. The molecule has 0 unspecified atom stereocenters. The molecule has 1 atom stereocenters. The van der Waals surface area contributed by atoms with Gasteiger partial charge < -0.3 is 10.1 Å². The molecule has 7 nitrogen and oxygen atoms in total. The van der Waals surface area contributed by atoms with E-state index < -0.39 is 0 Å². The first-order valence-electron chi connectivity index (χ1n) is 8.08. The van der Waals surface area contributed by atoms with Crippen LogP contribution in [0.1, 0.15) is 12.5 Å². The second-order valence-electron chi connectivity index (χ2n) is 5.63. The topological polar surface area (TPSA) is 81.9 Å².